The molecule has 13 aromatic heterocycles. The van der Waals surface area contributed by atoms with Crippen LogP contribution >= 0.6 is 23.4 Å². The SMILES string of the molecule is CN1CCC(n2cnc3c(NCc4ccccc4)nc(F)nc32)C1.Cn1cc2c(NCc3ccccc3)nc(Cl)nc2n1.Cn1cnc2c(NCc3cccnc3)nc(F)nc21.Cn1cnc2c(OCc3ccccc3)nc(F)nc21.Cn1cnc2c(SCc3ccccc3)nc(F)nc21.Cn1ncc2c(NCc3ccccc3)nc(N[C@H](CO)c3ccccc3)nc21. The first-order valence-corrected chi connectivity index (χ1v) is 41.7. The zero-order valence-electron chi connectivity index (χ0n) is 70.1. The zero-order valence-corrected chi connectivity index (χ0v) is 71.7. The summed E-state index contributed by atoms with van der Waals surface area (Å²) >= 11 is 7.37. The molecule has 0 aliphatic carbocycles. The summed E-state index contributed by atoms with van der Waals surface area (Å²) in [6, 6.07) is 63.2. The van der Waals surface area contributed by atoms with E-state index in [1.54, 1.807) is 88.1 Å². The Balaban J connectivity index is 0.000000119. The highest BCUT2D eigenvalue weighted by atomic mass is 35.5. The maximum absolute atomic E-state index is 13.9. The predicted molar refractivity (Wildman–Crippen MR) is 482 cm³/mol. The lowest BCUT2D eigenvalue weighted by Gasteiger charge is -2.17. The van der Waals surface area contributed by atoms with Crippen molar-refractivity contribution in [1.29, 1.82) is 0 Å². The summed E-state index contributed by atoms with van der Waals surface area (Å²) in [5.41, 5.74) is 13.0. The molecule has 0 spiro atoms. The number of imidazole rings is 4. The third-order valence-electron chi connectivity index (χ3n) is 20.0. The molecule has 2 atom stereocenters. The molecule has 1 saturated heterocycles. The largest absolute Gasteiger partial charge is 0.471 e. The first-order chi connectivity index (χ1) is 62.4. The lowest BCUT2D eigenvalue weighted by atomic mass is 10.1. The number of rotatable bonds is 23. The summed E-state index contributed by atoms with van der Waals surface area (Å²) in [5, 5.41) is 37.0. The van der Waals surface area contributed by atoms with Crippen molar-refractivity contribution >= 4 is 119 Å². The third kappa shape index (κ3) is 22.7. The molecule has 0 amide bonds. The van der Waals surface area contributed by atoms with E-state index in [1.807, 2.05) is 195 Å². The van der Waals surface area contributed by atoms with E-state index >= 15 is 0 Å². The fraction of sp³-hybridized carbons (Fsp3) is 0.202. The van der Waals surface area contributed by atoms with Gasteiger partial charge in [0, 0.05) is 92.3 Å². The highest BCUT2D eigenvalue weighted by Gasteiger charge is 2.26. The smallest absolute Gasteiger partial charge is 0.314 e. The van der Waals surface area contributed by atoms with Crippen molar-refractivity contribution in [2.45, 2.75) is 62.1 Å². The van der Waals surface area contributed by atoms with Crippen LogP contribution < -0.4 is 31.3 Å². The first kappa shape index (κ1) is 87.7. The number of thioether (sulfide) groups is 1. The second-order valence-electron chi connectivity index (χ2n) is 29.2. The van der Waals surface area contributed by atoms with Gasteiger partial charge in [-0.15, -0.1) is 0 Å². The first-order valence-electron chi connectivity index (χ1n) is 40.3. The van der Waals surface area contributed by atoms with Crippen molar-refractivity contribution < 1.29 is 27.4 Å². The number of pyridine rings is 1. The van der Waals surface area contributed by atoms with E-state index in [-0.39, 0.29) is 29.9 Å². The van der Waals surface area contributed by atoms with Gasteiger partial charge in [0.2, 0.25) is 17.1 Å². The van der Waals surface area contributed by atoms with Gasteiger partial charge in [0.05, 0.1) is 61.0 Å². The number of nitrogens with one attached hydrogen (secondary N) is 5. The number of hydrogen-bond donors (Lipinski definition) is 6. The van der Waals surface area contributed by atoms with Gasteiger partial charge in [-0.2, -0.15) is 87.6 Å². The second kappa shape index (κ2) is 42.0. The molecule has 0 saturated carbocycles. The van der Waals surface area contributed by atoms with E-state index in [0.717, 1.165) is 75.1 Å². The normalized spacial score (nSPS) is 12.5. The summed E-state index contributed by atoms with van der Waals surface area (Å²) in [6.07, 6.45) is 11.5. The molecule has 1 unspecified atom stereocenters. The average molecular weight is 1770 g/mol. The van der Waals surface area contributed by atoms with Crippen molar-refractivity contribution in [3.05, 3.63) is 313 Å². The number of fused-ring (bicyclic) bond motifs is 6. The number of anilines is 5. The number of aromatic nitrogens is 25. The lowest BCUT2D eigenvalue weighted by molar-refractivity contribution is 0.276. The lowest BCUT2D eigenvalue weighted by Crippen LogP contribution is -2.17. The molecular formula is C89H86ClF4N31O2S. The monoisotopic (exact) mass is 1760 g/mol. The number of hydrogen-bond acceptors (Lipinski definition) is 28. The molecule has 1 fully saturated rings. The van der Waals surface area contributed by atoms with Gasteiger partial charge >= 0.3 is 24.3 Å². The number of aliphatic hydroxyl groups is 1. The van der Waals surface area contributed by atoms with E-state index < -0.39 is 24.3 Å². The Hall–Kier alpha value is -15.2. The number of likely N-dealkylation sites (tertiary alicyclic amines) is 1. The van der Waals surface area contributed by atoms with Crippen molar-refractivity contribution in [2.24, 2.45) is 35.2 Å². The molecule has 1 aliphatic rings. The van der Waals surface area contributed by atoms with Gasteiger partial charge in [0.25, 0.3) is 0 Å². The number of aliphatic hydroxyl groups excluding tert-OH is 1. The standard InChI is InChI=1S/C21H22N6O.C17H19FN6.C13H12ClN5.C13H11FN4O.C13H11FN4S.C12H11FN6/c1-27-20-17(13-23-27)19(22-12-15-8-4-2-5-9-15)25-21(26-20)24-18(14-28)16-10-6-3-7-11-16;1-23-8-7-13(10-23)24-11-20-14-15(21-17(18)22-16(14)24)19-9-12-5-3-2-4-6-12;1-19-8-10-11(16-13(14)17-12(10)18-19)15-7-9-5-3-2-4-6-9;2*1-18-8-15-10-11(18)16-13(14)17-12(10)19-7-9-5-3-2-4-6-9;1-19-7-16-9-10(17-12(13)18-11(9)19)15-6-8-3-2-4-14-5-8/h2-11,13,18,28H,12,14H2,1H3,(H2,22,24,25,26);2-6,11,13H,7-10H2,1H3,(H,19,21,22);2-6,8H,7H2,1H3,(H,15,16,17,18);2*2-6,8H,7H2,1H3;2-5,7H,6H2,1H3,(H,15,17,18)/t18-;;;;;/m1...../s1. The number of benzene rings is 6. The summed E-state index contributed by atoms with van der Waals surface area (Å²) in [5.74, 6) is 3.55. The zero-order chi connectivity index (χ0) is 88.8. The molecule has 19 aromatic rings. The maximum atomic E-state index is 13.9. The molecular weight excluding hydrogens is 1680 g/mol. The van der Waals surface area contributed by atoms with E-state index in [4.69, 9.17) is 16.3 Å². The van der Waals surface area contributed by atoms with E-state index in [0.29, 0.717) is 117 Å². The number of nitrogens with zero attached hydrogens (tertiary/aromatic N) is 26. The third-order valence-corrected chi connectivity index (χ3v) is 21.2. The Bertz CT molecular complexity index is 6470. The van der Waals surface area contributed by atoms with Crippen LogP contribution in [-0.2, 0) is 73.8 Å². The minimum atomic E-state index is -0.820. The van der Waals surface area contributed by atoms with E-state index in [2.05, 4.69) is 158 Å². The summed E-state index contributed by atoms with van der Waals surface area (Å²) in [7, 11) is 11.1. The highest BCUT2D eigenvalue weighted by molar-refractivity contribution is 7.98. The van der Waals surface area contributed by atoms with Crippen LogP contribution in [0, 0.1) is 24.3 Å². The molecule has 650 valence electrons. The van der Waals surface area contributed by atoms with Gasteiger partial charge in [-0.25, -0.2) is 19.9 Å². The van der Waals surface area contributed by atoms with Gasteiger partial charge < -0.3 is 59.6 Å². The van der Waals surface area contributed by atoms with Crippen LogP contribution in [-0.4, -0.2) is 159 Å². The minimum absolute atomic E-state index is 0.0659. The van der Waals surface area contributed by atoms with Crippen molar-refractivity contribution in [1.82, 2.24) is 127 Å². The van der Waals surface area contributed by atoms with Gasteiger partial charge in [-0.05, 0) is 76.6 Å². The van der Waals surface area contributed by atoms with E-state index in [9.17, 15) is 22.7 Å². The van der Waals surface area contributed by atoms with Crippen molar-refractivity contribution in [2.75, 3.05) is 53.3 Å². The maximum Gasteiger partial charge on any atom is 0.314 e. The van der Waals surface area contributed by atoms with Crippen LogP contribution in [0.5, 0.6) is 5.88 Å². The molecule has 6 aromatic carbocycles. The number of likely N-dealkylation sites (N-methyl/N-ethyl adjacent to an activating group) is 1. The Morgan fingerprint density at radius 1 is 0.469 bits per heavy atom. The van der Waals surface area contributed by atoms with E-state index in [1.165, 1.54) is 17.3 Å². The number of halogens is 5. The van der Waals surface area contributed by atoms with Gasteiger partial charge in [0.1, 0.15) is 28.8 Å². The van der Waals surface area contributed by atoms with Crippen LogP contribution in [0.1, 0.15) is 57.4 Å². The highest BCUT2D eigenvalue weighted by Crippen LogP contribution is 2.32. The Kier molecular flexibility index (Phi) is 28.8. The van der Waals surface area contributed by atoms with Gasteiger partial charge in [-0.1, -0.05) is 200 Å². The molecule has 20 rings (SSSR count). The van der Waals surface area contributed by atoms with Crippen LogP contribution in [0.4, 0.5) is 46.8 Å². The quantitative estimate of drug-likeness (QED) is 0.0150. The number of ether oxygens (including phenoxy) is 1. The van der Waals surface area contributed by atoms with Crippen LogP contribution in [0.3, 0.4) is 0 Å². The average Bonchev–Trinajstić information content (AvgIpc) is 1.51. The van der Waals surface area contributed by atoms with Crippen LogP contribution in [0.15, 0.2) is 249 Å². The molecule has 0 radical (unpaired) electrons. The predicted octanol–water partition coefficient (Wildman–Crippen LogP) is 14.6. The minimum Gasteiger partial charge on any atom is -0.471 e. The summed E-state index contributed by atoms with van der Waals surface area (Å²) in [6.45, 7) is 4.57. The van der Waals surface area contributed by atoms with Crippen molar-refractivity contribution in [3.63, 3.8) is 0 Å². The molecule has 6 N–H and O–H groups in total. The van der Waals surface area contributed by atoms with Gasteiger partial charge in [-0.3, -0.25) is 14.3 Å². The topological polar surface area (TPSA) is 367 Å². The fourth-order valence-electron chi connectivity index (χ4n) is 13.5. The summed E-state index contributed by atoms with van der Waals surface area (Å²) < 4.78 is 69.9. The molecule has 33 nitrogen and oxygen atoms in total. The Morgan fingerprint density at radius 3 is 1.52 bits per heavy atom. The number of aryl methyl sites for hydroxylation is 5. The Morgan fingerprint density at radius 2 is 0.953 bits per heavy atom. The molecule has 14 heterocycles. The van der Waals surface area contributed by atoms with Crippen LogP contribution in [0.25, 0.3) is 66.7 Å². The molecule has 0 bridgehead atoms. The van der Waals surface area contributed by atoms with Gasteiger partial charge in [0.15, 0.2) is 62.1 Å². The van der Waals surface area contributed by atoms with Crippen molar-refractivity contribution in [3.8, 4) is 5.88 Å². The Labute approximate surface area is 739 Å². The molecule has 1 aliphatic heterocycles. The summed E-state index contributed by atoms with van der Waals surface area (Å²) in [4.78, 5) is 71.0. The van der Waals surface area contributed by atoms with Crippen LogP contribution in [0.2, 0.25) is 5.28 Å². The molecule has 128 heavy (non-hydrogen) atoms. The fourth-order valence-corrected chi connectivity index (χ4v) is 14.6. The second-order valence-corrected chi connectivity index (χ2v) is 30.5. The molecule has 39 heteroatoms.